The molecule has 0 spiro atoms. The predicted molar refractivity (Wildman–Crippen MR) is 92.9 cm³/mol. The van der Waals surface area contributed by atoms with E-state index < -0.39 is 0 Å². The average Bonchev–Trinajstić information content (AvgIpc) is 2.87. The fourth-order valence-electron chi connectivity index (χ4n) is 2.92. The quantitative estimate of drug-likeness (QED) is 0.841. The molecule has 3 rings (SSSR count). The molecule has 2 aromatic heterocycles. The van der Waals surface area contributed by atoms with Gasteiger partial charge in [0.05, 0.1) is 23.5 Å². The summed E-state index contributed by atoms with van der Waals surface area (Å²) in [6.07, 6.45) is 0. The number of nitrogens with zero attached hydrogens (tertiary/aromatic N) is 4. The van der Waals surface area contributed by atoms with Gasteiger partial charge < -0.3 is 4.74 Å². The summed E-state index contributed by atoms with van der Waals surface area (Å²) >= 11 is 1.83. The van der Waals surface area contributed by atoms with Gasteiger partial charge in [-0.2, -0.15) is 0 Å². The van der Waals surface area contributed by atoms with E-state index in [9.17, 15) is 0 Å². The zero-order chi connectivity index (χ0) is 16.2. The van der Waals surface area contributed by atoms with E-state index in [0.29, 0.717) is 5.88 Å². The molecule has 2 aromatic rings. The lowest BCUT2D eigenvalue weighted by Gasteiger charge is -2.34. The van der Waals surface area contributed by atoms with Gasteiger partial charge in [-0.05, 0) is 19.9 Å². The van der Waals surface area contributed by atoms with Gasteiger partial charge in [0.1, 0.15) is 0 Å². The summed E-state index contributed by atoms with van der Waals surface area (Å²) in [6, 6.07) is 5.96. The molecule has 0 aromatic carbocycles. The van der Waals surface area contributed by atoms with Crippen molar-refractivity contribution in [2.24, 2.45) is 0 Å². The minimum atomic E-state index is 0.692. The van der Waals surface area contributed by atoms with Gasteiger partial charge >= 0.3 is 0 Å². The van der Waals surface area contributed by atoms with Crippen molar-refractivity contribution in [1.29, 1.82) is 0 Å². The fourth-order valence-corrected chi connectivity index (χ4v) is 3.90. The van der Waals surface area contributed by atoms with Crippen LogP contribution in [0.15, 0.2) is 18.2 Å². The maximum Gasteiger partial charge on any atom is 0.213 e. The van der Waals surface area contributed by atoms with E-state index in [-0.39, 0.29) is 0 Å². The molecule has 0 bridgehead atoms. The standard InChI is InChI=1S/C17H24N4OS/c1-13-16(23-14(2)18-13)12-21-9-7-20(8-10-21)11-15-5-4-6-17(19-15)22-3/h4-6H,7-12H2,1-3H3. The normalized spacial score (nSPS) is 16.7. The van der Waals surface area contributed by atoms with E-state index in [1.54, 1.807) is 7.11 Å². The summed E-state index contributed by atoms with van der Waals surface area (Å²) < 4.78 is 5.20. The molecule has 0 radical (unpaired) electrons. The van der Waals surface area contributed by atoms with E-state index >= 15 is 0 Å². The van der Waals surface area contributed by atoms with Crippen LogP contribution in [0.3, 0.4) is 0 Å². The Labute approximate surface area is 141 Å². The van der Waals surface area contributed by atoms with Crippen LogP contribution in [0.5, 0.6) is 5.88 Å². The summed E-state index contributed by atoms with van der Waals surface area (Å²) in [5, 5.41) is 1.17. The summed E-state index contributed by atoms with van der Waals surface area (Å²) in [6.45, 7) is 10.5. The Morgan fingerprint density at radius 1 is 1.04 bits per heavy atom. The second-order valence-corrected chi connectivity index (χ2v) is 7.25. The highest BCUT2D eigenvalue weighted by Gasteiger charge is 2.19. The van der Waals surface area contributed by atoms with Gasteiger partial charge in [-0.3, -0.25) is 9.80 Å². The minimum Gasteiger partial charge on any atom is -0.481 e. The molecule has 0 saturated carbocycles. The Morgan fingerprint density at radius 3 is 2.35 bits per heavy atom. The van der Waals surface area contributed by atoms with Crippen molar-refractivity contribution < 1.29 is 4.74 Å². The summed E-state index contributed by atoms with van der Waals surface area (Å²) in [5.74, 6) is 0.692. The highest BCUT2D eigenvalue weighted by molar-refractivity contribution is 7.11. The summed E-state index contributed by atoms with van der Waals surface area (Å²) in [4.78, 5) is 15.4. The third kappa shape index (κ3) is 4.28. The number of ether oxygens (including phenoxy) is 1. The Morgan fingerprint density at radius 2 is 1.74 bits per heavy atom. The zero-order valence-corrected chi connectivity index (χ0v) is 14.9. The lowest BCUT2D eigenvalue weighted by atomic mass is 10.2. The maximum absolute atomic E-state index is 5.20. The van der Waals surface area contributed by atoms with Crippen molar-refractivity contribution in [2.45, 2.75) is 26.9 Å². The molecular formula is C17H24N4OS. The van der Waals surface area contributed by atoms with Gasteiger partial charge in [0.2, 0.25) is 5.88 Å². The fraction of sp³-hybridized carbons (Fsp3) is 0.529. The molecule has 0 N–H and O–H groups in total. The highest BCUT2D eigenvalue weighted by Crippen LogP contribution is 2.20. The van der Waals surface area contributed by atoms with E-state index in [2.05, 4.69) is 39.7 Å². The molecule has 0 aliphatic carbocycles. The van der Waals surface area contributed by atoms with Crippen LogP contribution in [0.4, 0.5) is 0 Å². The number of aryl methyl sites for hydroxylation is 2. The SMILES string of the molecule is COc1cccc(CN2CCN(Cc3sc(C)nc3C)CC2)n1. The Kier molecular flexibility index (Phi) is 5.25. The predicted octanol–water partition coefficient (Wildman–Crippen LogP) is 2.48. The molecule has 3 heterocycles. The van der Waals surface area contributed by atoms with Crippen molar-refractivity contribution in [2.75, 3.05) is 33.3 Å². The molecule has 0 atom stereocenters. The van der Waals surface area contributed by atoms with Crippen LogP contribution in [-0.2, 0) is 13.1 Å². The lowest BCUT2D eigenvalue weighted by Crippen LogP contribution is -2.45. The van der Waals surface area contributed by atoms with Gasteiger partial charge in [-0.1, -0.05) is 6.07 Å². The topological polar surface area (TPSA) is 41.5 Å². The molecule has 124 valence electrons. The number of piperazine rings is 1. The van der Waals surface area contributed by atoms with Crippen molar-refractivity contribution >= 4 is 11.3 Å². The van der Waals surface area contributed by atoms with Crippen LogP contribution in [0.25, 0.3) is 0 Å². The first kappa shape index (κ1) is 16.4. The molecule has 5 nitrogen and oxygen atoms in total. The Hall–Kier alpha value is -1.50. The van der Waals surface area contributed by atoms with E-state index in [1.807, 2.05) is 23.5 Å². The lowest BCUT2D eigenvalue weighted by molar-refractivity contribution is 0.121. The molecule has 6 heteroatoms. The number of hydrogen-bond donors (Lipinski definition) is 0. The average molecular weight is 332 g/mol. The van der Waals surface area contributed by atoms with Gasteiger partial charge in [0.15, 0.2) is 0 Å². The first-order valence-corrected chi connectivity index (χ1v) is 8.83. The van der Waals surface area contributed by atoms with E-state index in [4.69, 9.17) is 4.74 Å². The number of rotatable bonds is 5. The monoisotopic (exact) mass is 332 g/mol. The number of pyridine rings is 1. The molecule has 23 heavy (non-hydrogen) atoms. The highest BCUT2D eigenvalue weighted by atomic mass is 32.1. The summed E-state index contributed by atoms with van der Waals surface area (Å²) in [5.41, 5.74) is 2.27. The largest absolute Gasteiger partial charge is 0.481 e. The van der Waals surface area contributed by atoms with Gasteiger partial charge in [-0.25, -0.2) is 9.97 Å². The van der Waals surface area contributed by atoms with Gasteiger partial charge in [-0.15, -0.1) is 11.3 Å². The Balaban J connectivity index is 1.51. The van der Waals surface area contributed by atoms with Gasteiger partial charge in [0, 0.05) is 50.2 Å². The van der Waals surface area contributed by atoms with E-state index in [0.717, 1.165) is 45.0 Å². The third-order valence-electron chi connectivity index (χ3n) is 4.21. The number of thiazole rings is 1. The molecule has 0 amide bonds. The van der Waals surface area contributed by atoms with Gasteiger partial charge in [0.25, 0.3) is 0 Å². The molecule has 1 saturated heterocycles. The van der Waals surface area contributed by atoms with Crippen LogP contribution in [-0.4, -0.2) is 53.1 Å². The number of aromatic nitrogens is 2. The van der Waals surface area contributed by atoms with Crippen molar-refractivity contribution in [1.82, 2.24) is 19.8 Å². The van der Waals surface area contributed by atoms with E-state index in [1.165, 1.54) is 15.6 Å². The maximum atomic E-state index is 5.20. The first-order chi connectivity index (χ1) is 11.1. The third-order valence-corrected chi connectivity index (χ3v) is 5.27. The molecule has 1 aliphatic rings. The van der Waals surface area contributed by atoms with Crippen LogP contribution in [0.2, 0.25) is 0 Å². The summed E-state index contributed by atoms with van der Waals surface area (Å²) in [7, 11) is 1.66. The zero-order valence-electron chi connectivity index (χ0n) is 14.1. The Bertz CT molecular complexity index is 650. The number of hydrogen-bond acceptors (Lipinski definition) is 6. The smallest absolute Gasteiger partial charge is 0.213 e. The van der Waals surface area contributed by atoms with Crippen molar-refractivity contribution in [3.63, 3.8) is 0 Å². The molecule has 1 fully saturated rings. The van der Waals surface area contributed by atoms with Crippen molar-refractivity contribution in [3.8, 4) is 5.88 Å². The minimum absolute atomic E-state index is 0.692. The second-order valence-electron chi connectivity index (χ2n) is 5.97. The first-order valence-electron chi connectivity index (χ1n) is 8.01. The molecule has 1 aliphatic heterocycles. The van der Waals surface area contributed by atoms with Crippen LogP contribution in [0.1, 0.15) is 21.3 Å². The van der Waals surface area contributed by atoms with Crippen molar-refractivity contribution in [3.05, 3.63) is 39.5 Å². The van der Waals surface area contributed by atoms with Crippen LogP contribution in [0, 0.1) is 13.8 Å². The van der Waals surface area contributed by atoms with Crippen LogP contribution < -0.4 is 4.74 Å². The van der Waals surface area contributed by atoms with Crippen LogP contribution >= 0.6 is 11.3 Å². The second kappa shape index (κ2) is 7.38. The molecular weight excluding hydrogens is 308 g/mol. The number of methoxy groups -OCH3 is 1. The molecule has 0 unspecified atom stereocenters.